The van der Waals surface area contributed by atoms with Crippen LogP contribution in [-0.4, -0.2) is 12.1 Å². The summed E-state index contributed by atoms with van der Waals surface area (Å²) in [7, 11) is 0. The Kier molecular flexibility index (Phi) is 4.85. The monoisotopic (exact) mass is 277 g/mol. The van der Waals surface area contributed by atoms with Gasteiger partial charge in [-0.1, -0.05) is 25.5 Å². The van der Waals surface area contributed by atoms with Gasteiger partial charge in [0.2, 0.25) is 0 Å². The summed E-state index contributed by atoms with van der Waals surface area (Å²) in [5, 5.41) is 3.63. The van der Waals surface area contributed by atoms with Gasteiger partial charge in [-0.15, -0.1) is 0 Å². The number of hydrogen-bond donors (Lipinski definition) is 1. The summed E-state index contributed by atoms with van der Waals surface area (Å²) < 4.78 is 13.5. The molecule has 2 rings (SSSR count). The lowest BCUT2D eigenvalue weighted by Crippen LogP contribution is -2.41. The van der Waals surface area contributed by atoms with Gasteiger partial charge in [-0.25, -0.2) is 4.39 Å². The maximum atomic E-state index is 13.5. The second kappa shape index (κ2) is 6.26. The van der Waals surface area contributed by atoms with Crippen LogP contribution in [0, 0.1) is 17.7 Å². The van der Waals surface area contributed by atoms with Crippen molar-refractivity contribution in [3.05, 3.63) is 35.6 Å². The van der Waals surface area contributed by atoms with Crippen molar-refractivity contribution in [1.82, 2.24) is 5.32 Å². The highest BCUT2D eigenvalue weighted by Crippen LogP contribution is 2.40. The Morgan fingerprint density at radius 1 is 1.25 bits per heavy atom. The molecular formula is C18H28FN. The molecule has 1 fully saturated rings. The predicted molar refractivity (Wildman–Crippen MR) is 83.4 cm³/mol. The van der Waals surface area contributed by atoms with Crippen LogP contribution in [0.4, 0.5) is 4.39 Å². The van der Waals surface area contributed by atoms with Crippen LogP contribution in [0.3, 0.4) is 0 Å². The van der Waals surface area contributed by atoms with Gasteiger partial charge >= 0.3 is 0 Å². The van der Waals surface area contributed by atoms with Gasteiger partial charge in [-0.3, -0.25) is 0 Å². The Labute approximate surface area is 123 Å². The van der Waals surface area contributed by atoms with Gasteiger partial charge in [0.1, 0.15) is 5.82 Å². The zero-order chi connectivity index (χ0) is 14.8. The summed E-state index contributed by atoms with van der Waals surface area (Å²) in [6.07, 6.45) is 3.72. The van der Waals surface area contributed by atoms with Gasteiger partial charge < -0.3 is 5.32 Å². The van der Waals surface area contributed by atoms with E-state index in [1.165, 1.54) is 30.9 Å². The van der Waals surface area contributed by atoms with Crippen molar-refractivity contribution >= 4 is 0 Å². The van der Waals surface area contributed by atoms with E-state index in [2.05, 4.69) is 39.1 Å². The first-order valence-corrected chi connectivity index (χ1v) is 7.85. The van der Waals surface area contributed by atoms with E-state index in [1.807, 2.05) is 6.07 Å². The molecule has 1 N–H and O–H groups in total. The molecule has 1 aliphatic rings. The molecule has 0 bridgehead atoms. The van der Waals surface area contributed by atoms with Crippen LogP contribution in [0.1, 0.15) is 58.4 Å². The third kappa shape index (κ3) is 4.31. The van der Waals surface area contributed by atoms with Crippen molar-refractivity contribution in [3.8, 4) is 0 Å². The first kappa shape index (κ1) is 15.5. The Bertz CT molecular complexity index is 435. The molecule has 0 amide bonds. The van der Waals surface area contributed by atoms with Gasteiger partial charge in [0.05, 0.1) is 0 Å². The standard InChI is InChI=1S/C18H28FN/c1-13-8-9-15(12-20-18(2,3)4)17(10-13)14-6-5-7-16(19)11-14/h5-7,11,13,15,17,20H,8-10,12H2,1-4H3. The highest BCUT2D eigenvalue weighted by Gasteiger charge is 2.30. The minimum atomic E-state index is -0.108. The number of benzene rings is 1. The fourth-order valence-corrected chi connectivity index (χ4v) is 3.27. The summed E-state index contributed by atoms with van der Waals surface area (Å²) in [6, 6.07) is 7.21. The topological polar surface area (TPSA) is 12.0 Å². The van der Waals surface area contributed by atoms with Crippen LogP contribution in [0.2, 0.25) is 0 Å². The molecule has 2 heteroatoms. The van der Waals surface area contributed by atoms with Gasteiger partial charge in [0, 0.05) is 5.54 Å². The largest absolute Gasteiger partial charge is 0.312 e. The number of hydrogen-bond acceptors (Lipinski definition) is 1. The molecule has 1 aromatic carbocycles. The normalized spacial score (nSPS) is 27.6. The number of nitrogens with one attached hydrogen (secondary N) is 1. The molecule has 1 aromatic rings. The average Bonchev–Trinajstić information content (AvgIpc) is 2.36. The molecule has 0 aliphatic heterocycles. The summed E-state index contributed by atoms with van der Waals surface area (Å²) in [5.74, 6) is 1.74. The van der Waals surface area contributed by atoms with E-state index >= 15 is 0 Å². The summed E-state index contributed by atoms with van der Waals surface area (Å²) in [6.45, 7) is 9.96. The molecule has 0 heterocycles. The smallest absolute Gasteiger partial charge is 0.123 e. The first-order chi connectivity index (χ1) is 9.35. The Hall–Kier alpha value is -0.890. The van der Waals surface area contributed by atoms with E-state index in [0.717, 1.165) is 12.5 Å². The van der Waals surface area contributed by atoms with Gasteiger partial charge in [0.25, 0.3) is 0 Å². The summed E-state index contributed by atoms with van der Waals surface area (Å²) in [4.78, 5) is 0. The predicted octanol–water partition coefficient (Wildman–Crippen LogP) is 4.73. The van der Waals surface area contributed by atoms with Crippen LogP contribution >= 0.6 is 0 Å². The zero-order valence-corrected chi connectivity index (χ0v) is 13.2. The molecule has 1 aliphatic carbocycles. The van der Waals surface area contributed by atoms with Crippen LogP contribution < -0.4 is 5.32 Å². The molecule has 3 unspecified atom stereocenters. The second-order valence-electron chi connectivity index (χ2n) is 7.47. The molecule has 1 saturated carbocycles. The van der Waals surface area contributed by atoms with E-state index in [1.54, 1.807) is 6.07 Å². The highest BCUT2D eigenvalue weighted by atomic mass is 19.1. The molecule has 1 nitrogen and oxygen atoms in total. The highest BCUT2D eigenvalue weighted by molar-refractivity contribution is 5.22. The Balaban J connectivity index is 2.12. The van der Waals surface area contributed by atoms with Crippen molar-refractivity contribution in [2.75, 3.05) is 6.54 Å². The summed E-state index contributed by atoms with van der Waals surface area (Å²) >= 11 is 0. The van der Waals surface area contributed by atoms with E-state index < -0.39 is 0 Å². The average molecular weight is 277 g/mol. The fraction of sp³-hybridized carbons (Fsp3) is 0.667. The van der Waals surface area contributed by atoms with Gasteiger partial charge in [-0.05, 0) is 75.6 Å². The number of rotatable bonds is 3. The molecule has 0 saturated heterocycles. The molecule has 0 radical (unpaired) electrons. The van der Waals surface area contributed by atoms with Crippen molar-refractivity contribution in [2.24, 2.45) is 11.8 Å². The van der Waals surface area contributed by atoms with Gasteiger partial charge in [-0.2, -0.15) is 0 Å². The van der Waals surface area contributed by atoms with Crippen LogP contribution in [-0.2, 0) is 0 Å². The van der Waals surface area contributed by atoms with Gasteiger partial charge in [0.15, 0.2) is 0 Å². The Morgan fingerprint density at radius 2 is 2.00 bits per heavy atom. The van der Waals surface area contributed by atoms with E-state index in [9.17, 15) is 4.39 Å². The minimum Gasteiger partial charge on any atom is -0.312 e. The van der Waals surface area contributed by atoms with Crippen molar-refractivity contribution in [2.45, 2.75) is 58.4 Å². The lowest BCUT2D eigenvalue weighted by Gasteiger charge is -2.37. The zero-order valence-electron chi connectivity index (χ0n) is 13.2. The SMILES string of the molecule is CC1CCC(CNC(C)(C)C)C(c2cccc(F)c2)C1. The maximum Gasteiger partial charge on any atom is 0.123 e. The van der Waals surface area contributed by atoms with E-state index in [4.69, 9.17) is 0 Å². The first-order valence-electron chi connectivity index (χ1n) is 7.85. The third-order valence-electron chi connectivity index (χ3n) is 4.43. The molecular weight excluding hydrogens is 249 g/mol. The molecule has 0 spiro atoms. The van der Waals surface area contributed by atoms with Crippen LogP contribution in [0.5, 0.6) is 0 Å². The van der Waals surface area contributed by atoms with Crippen molar-refractivity contribution in [3.63, 3.8) is 0 Å². The number of halogens is 1. The summed E-state index contributed by atoms with van der Waals surface area (Å²) in [5.41, 5.74) is 1.33. The van der Waals surface area contributed by atoms with E-state index in [-0.39, 0.29) is 11.4 Å². The molecule has 0 aromatic heterocycles. The van der Waals surface area contributed by atoms with Crippen molar-refractivity contribution < 1.29 is 4.39 Å². The quantitative estimate of drug-likeness (QED) is 0.842. The van der Waals surface area contributed by atoms with Crippen molar-refractivity contribution in [1.29, 1.82) is 0 Å². The third-order valence-corrected chi connectivity index (χ3v) is 4.43. The van der Waals surface area contributed by atoms with Crippen LogP contribution in [0.25, 0.3) is 0 Å². The fourth-order valence-electron chi connectivity index (χ4n) is 3.27. The lowest BCUT2D eigenvalue weighted by atomic mass is 9.71. The van der Waals surface area contributed by atoms with Crippen LogP contribution in [0.15, 0.2) is 24.3 Å². The molecule has 3 atom stereocenters. The minimum absolute atomic E-state index is 0.108. The molecule has 20 heavy (non-hydrogen) atoms. The van der Waals surface area contributed by atoms with E-state index in [0.29, 0.717) is 11.8 Å². The molecule has 112 valence electrons. The Morgan fingerprint density at radius 3 is 2.65 bits per heavy atom. The second-order valence-corrected chi connectivity index (χ2v) is 7.47. The maximum absolute atomic E-state index is 13.5. The lowest BCUT2D eigenvalue weighted by molar-refractivity contribution is 0.226.